The molecule has 3 aromatic rings. The molecule has 0 aliphatic heterocycles. The van der Waals surface area contributed by atoms with Crippen LogP contribution in [0.5, 0.6) is 0 Å². The van der Waals surface area contributed by atoms with E-state index in [-0.39, 0.29) is 17.3 Å². The third-order valence-corrected chi connectivity index (χ3v) is 4.40. The molecule has 26 heavy (non-hydrogen) atoms. The smallest absolute Gasteiger partial charge is 0.247 e. The molecule has 1 amide bonds. The van der Waals surface area contributed by atoms with Crippen molar-refractivity contribution in [1.82, 2.24) is 9.55 Å². The van der Waals surface area contributed by atoms with Crippen LogP contribution in [0.15, 0.2) is 48.8 Å². The van der Waals surface area contributed by atoms with Crippen LogP contribution in [0.25, 0.3) is 11.0 Å². The van der Waals surface area contributed by atoms with E-state index in [1.165, 1.54) is 12.1 Å². The van der Waals surface area contributed by atoms with E-state index in [2.05, 4.69) is 15.0 Å². The van der Waals surface area contributed by atoms with Gasteiger partial charge in [0, 0.05) is 5.69 Å². The highest BCUT2D eigenvalue weighted by Gasteiger charge is 2.18. The SMILES string of the molecule is CC(C(=O)Nc1ccc(F)c(NS(C)(=O)=O)c1)n1cnc2ccccc21. The molecular weight excluding hydrogens is 359 g/mol. The molecular formula is C17H17FN4O3S. The number of hydrogen-bond donors (Lipinski definition) is 2. The fraction of sp³-hybridized carbons (Fsp3) is 0.176. The Morgan fingerprint density at radius 1 is 1.23 bits per heavy atom. The van der Waals surface area contributed by atoms with E-state index in [4.69, 9.17) is 0 Å². The Hall–Kier alpha value is -2.94. The highest BCUT2D eigenvalue weighted by molar-refractivity contribution is 7.92. The fourth-order valence-corrected chi connectivity index (χ4v) is 3.10. The minimum atomic E-state index is -3.64. The first-order valence-electron chi connectivity index (χ1n) is 7.74. The molecule has 3 rings (SSSR count). The molecule has 0 aliphatic carbocycles. The molecule has 136 valence electrons. The molecule has 0 spiro atoms. The number of benzene rings is 2. The van der Waals surface area contributed by atoms with E-state index in [1.54, 1.807) is 17.8 Å². The quantitative estimate of drug-likeness (QED) is 0.716. The fourth-order valence-electron chi connectivity index (χ4n) is 2.54. The number of carbonyl (C=O) groups excluding carboxylic acids is 1. The predicted octanol–water partition coefficient (Wildman–Crippen LogP) is 2.75. The lowest BCUT2D eigenvalue weighted by atomic mass is 10.2. The Bertz CT molecular complexity index is 1080. The van der Waals surface area contributed by atoms with Gasteiger partial charge in [-0.1, -0.05) is 12.1 Å². The Labute approximate surface area is 149 Å². The van der Waals surface area contributed by atoms with Gasteiger partial charge in [0.05, 0.1) is 29.3 Å². The van der Waals surface area contributed by atoms with Gasteiger partial charge in [0.1, 0.15) is 11.9 Å². The first kappa shape index (κ1) is 17.9. The second-order valence-corrected chi connectivity index (χ2v) is 7.62. The third-order valence-electron chi connectivity index (χ3n) is 3.81. The molecule has 1 unspecified atom stereocenters. The van der Waals surface area contributed by atoms with Gasteiger partial charge in [-0.3, -0.25) is 9.52 Å². The lowest BCUT2D eigenvalue weighted by molar-refractivity contribution is -0.118. The zero-order chi connectivity index (χ0) is 18.9. The Morgan fingerprint density at radius 3 is 2.69 bits per heavy atom. The third kappa shape index (κ3) is 3.83. The van der Waals surface area contributed by atoms with Crippen LogP contribution in [0.4, 0.5) is 15.8 Å². The van der Waals surface area contributed by atoms with Crippen LogP contribution in [0.2, 0.25) is 0 Å². The standard InChI is InChI=1S/C17H17FN4O3S/c1-11(22-10-19-14-5-3-4-6-16(14)22)17(23)20-12-7-8-13(18)15(9-12)21-26(2,24)25/h3-11,21H,1-2H3,(H,20,23). The maximum absolute atomic E-state index is 13.7. The van der Waals surface area contributed by atoms with E-state index in [9.17, 15) is 17.6 Å². The highest BCUT2D eigenvalue weighted by atomic mass is 32.2. The summed E-state index contributed by atoms with van der Waals surface area (Å²) in [6.07, 6.45) is 2.50. The van der Waals surface area contributed by atoms with Crippen molar-refractivity contribution in [3.05, 3.63) is 54.6 Å². The first-order chi connectivity index (χ1) is 12.2. The normalized spacial score (nSPS) is 12.7. The summed E-state index contributed by atoms with van der Waals surface area (Å²) in [7, 11) is -3.64. The minimum absolute atomic E-state index is 0.231. The van der Waals surface area contributed by atoms with Gasteiger partial charge in [-0.25, -0.2) is 17.8 Å². The van der Waals surface area contributed by atoms with Crippen LogP contribution in [-0.2, 0) is 14.8 Å². The molecule has 0 fully saturated rings. The number of para-hydroxylation sites is 2. The van der Waals surface area contributed by atoms with Gasteiger partial charge in [0.25, 0.3) is 0 Å². The number of anilines is 2. The van der Waals surface area contributed by atoms with E-state index in [1.807, 2.05) is 24.3 Å². The average molecular weight is 376 g/mol. The predicted molar refractivity (Wildman–Crippen MR) is 97.9 cm³/mol. The van der Waals surface area contributed by atoms with Crippen molar-refractivity contribution in [3.8, 4) is 0 Å². The number of amides is 1. The lowest BCUT2D eigenvalue weighted by Gasteiger charge is -2.15. The second-order valence-electron chi connectivity index (χ2n) is 5.87. The molecule has 1 heterocycles. The van der Waals surface area contributed by atoms with Crippen molar-refractivity contribution in [1.29, 1.82) is 0 Å². The number of fused-ring (bicyclic) bond motifs is 1. The van der Waals surface area contributed by atoms with Crippen molar-refractivity contribution < 1.29 is 17.6 Å². The Kier molecular flexibility index (Phi) is 4.64. The van der Waals surface area contributed by atoms with Crippen molar-refractivity contribution in [2.24, 2.45) is 0 Å². The van der Waals surface area contributed by atoms with E-state index in [0.29, 0.717) is 0 Å². The van der Waals surface area contributed by atoms with Gasteiger partial charge in [0.2, 0.25) is 15.9 Å². The van der Waals surface area contributed by atoms with Crippen molar-refractivity contribution >= 4 is 38.3 Å². The molecule has 2 N–H and O–H groups in total. The summed E-state index contributed by atoms with van der Waals surface area (Å²) in [5.41, 5.74) is 1.63. The van der Waals surface area contributed by atoms with Crippen LogP contribution in [0.3, 0.4) is 0 Å². The van der Waals surface area contributed by atoms with Gasteiger partial charge >= 0.3 is 0 Å². The summed E-state index contributed by atoms with van der Waals surface area (Å²) in [4.78, 5) is 16.8. The second kappa shape index (κ2) is 6.75. The maximum Gasteiger partial charge on any atom is 0.247 e. The van der Waals surface area contributed by atoms with Crippen molar-refractivity contribution in [2.45, 2.75) is 13.0 Å². The Morgan fingerprint density at radius 2 is 1.96 bits per heavy atom. The van der Waals surface area contributed by atoms with Gasteiger partial charge in [-0.2, -0.15) is 0 Å². The number of rotatable bonds is 5. The summed E-state index contributed by atoms with van der Waals surface area (Å²) in [6.45, 7) is 1.71. The van der Waals surface area contributed by atoms with Gasteiger partial charge in [0.15, 0.2) is 0 Å². The Balaban J connectivity index is 1.82. The van der Waals surface area contributed by atoms with Crippen LogP contribution in [-0.4, -0.2) is 30.1 Å². The number of nitrogens with one attached hydrogen (secondary N) is 2. The molecule has 0 aliphatic rings. The zero-order valence-electron chi connectivity index (χ0n) is 14.1. The molecule has 0 bridgehead atoms. The van der Waals surface area contributed by atoms with Gasteiger partial charge in [-0.05, 0) is 37.3 Å². The van der Waals surface area contributed by atoms with Crippen LogP contribution in [0, 0.1) is 5.82 Å². The topological polar surface area (TPSA) is 93.1 Å². The average Bonchev–Trinajstić information content (AvgIpc) is 3.00. The van der Waals surface area contributed by atoms with Gasteiger partial charge in [-0.15, -0.1) is 0 Å². The van der Waals surface area contributed by atoms with Crippen molar-refractivity contribution in [2.75, 3.05) is 16.3 Å². The molecule has 7 nitrogen and oxygen atoms in total. The van der Waals surface area contributed by atoms with E-state index in [0.717, 1.165) is 23.4 Å². The molecule has 0 saturated carbocycles. The monoisotopic (exact) mass is 376 g/mol. The number of halogens is 1. The number of imidazole rings is 1. The minimum Gasteiger partial charge on any atom is -0.324 e. The molecule has 0 radical (unpaired) electrons. The molecule has 1 atom stereocenters. The number of hydrogen-bond acceptors (Lipinski definition) is 4. The lowest BCUT2D eigenvalue weighted by Crippen LogP contribution is -2.23. The summed E-state index contributed by atoms with van der Waals surface area (Å²) in [5, 5.41) is 2.66. The summed E-state index contributed by atoms with van der Waals surface area (Å²) in [6, 6.07) is 10.5. The molecule has 9 heteroatoms. The number of sulfonamides is 1. The highest BCUT2D eigenvalue weighted by Crippen LogP contribution is 2.23. The summed E-state index contributed by atoms with van der Waals surface area (Å²) < 4.78 is 40.1. The summed E-state index contributed by atoms with van der Waals surface area (Å²) in [5.74, 6) is -1.08. The maximum atomic E-state index is 13.7. The van der Waals surface area contributed by atoms with E-state index < -0.39 is 21.9 Å². The number of nitrogens with zero attached hydrogens (tertiary/aromatic N) is 2. The van der Waals surface area contributed by atoms with Crippen LogP contribution >= 0.6 is 0 Å². The van der Waals surface area contributed by atoms with E-state index >= 15 is 0 Å². The number of carbonyl (C=O) groups is 1. The molecule has 2 aromatic carbocycles. The van der Waals surface area contributed by atoms with Crippen LogP contribution < -0.4 is 10.0 Å². The van der Waals surface area contributed by atoms with Crippen molar-refractivity contribution in [3.63, 3.8) is 0 Å². The van der Waals surface area contributed by atoms with Gasteiger partial charge < -0.3 is 9.88 Å². The van der Waals surface area contributed by atoms with Crippen LogP contribution in [0.1, 0.15) is 13.0 Å². The zero-order valence-corrected chi connectivity index (χ0v) is 14.9. The summed E-state index contributed by atoms with van der Waals surface area (Å²) >= 11 is 0. The largest absolute Gasteiger partial charge is 0.324 e. The molecule has 1 aromatic heterocycles. The number of aromatic nitrogens is 2. The molecule has 0 saturated heterocycles. The first-order valence-corrected chi connectivity index (χ1v) is 9.63.